The van der Waals surface area contributed by atoms with Gasteiger partial charge >= 0.3 is 0 Å². The summed E-state index contributed by atoms with van der Waals surface area (Å²) in [5.41, 5.74) is 8.91. The summed E-state index contributed by atoms with van der Waals surface area (Å²) >= 11 is 5.95. The Kier molecular flexibility index (Phi) is 4.30. The molecule has 3 nitrogen and oxygen atoms in total. The van der Waals surface area contributed by atoms with Crippen LogP contribution in [0.4, 0.5) is 5.69 Å². The molecule has 4 heteroatoms. The number of aryl methyl sites for hydroxylation is 1. The van der Waals surface area contributed by atoms with E-state index in [2.05, 4.69) is 5.32 Å². The first kappa shape index (κ1) is 14.4. The molecule has 0 aliphatic heterocycles. The standard InChI is InChI=1S/C16H17ClN2O/c1-10-8-13(6-7-15(10)18)16(20)19-11(2)12-4-3-5-14(17)9-12/h3-9,11H,18H2,1-2H3,(H,19,20)/t11-/m0/s1. The zero-order valence-electron chi connectivity index (χ0n) is 11.5. The number of hydrogen-bond donors (Lipinski definition) is 2. The van der Waals surface area contributed by atoms with Gasteiger partial charge in [-0.05, 0) is 55.3 Å². The van der Waals surface area contributed by atoms with Gasteiger partial charge in [-0.2, -0.15) is 0 Å². The van der Waals surface area contributed by atoms with E-state index in [1.165, 1.54) is 0 Å². The molecule has 0 saturated heterocycles. The zero-order chi connectivity index (χ0) is 14.7. The number of carbonyl (C=O) groups is 1. The number of anilines is 1. The first-order chi connectivity index (χ1) is 9.47. The van der Waals surface area contributed by atoms with Gasteiger partial charge in [-0.3, -0.25) is 4.79 Å². The molecule has 0 aliphatic rings. The summed E-state index contributed by atoms with van der Waals surface area (Å²) < 4.78 is 0. The van der Waals surface area contributed by atoms with Crippen molar-refractivity contribution in [2.45, 2.75) is 19.9 Å². The molecule has 2 aromatic rings. The van der Waals surface area contributed by atoms with Crippen LogP contribution in [-0.2, 0) is 0 Å². The van der Waals surface area contributed by atoms with E-state index in [-0.39, 0.29) is 11.9 Å². The Morgan fingerprint density at radius 2 is 2.00 bits per heavy atom. The quantitative estimate of drug-likeness (QED) is 0.846. The lowest BCUT2D eigenvalue weighted by Crippen LogP contribution is -2.26. The molecule has 0 unspecified atom stereocenters. The highest BCUT2D eigenvalue weighted by atomic mass is 35.5. The Labute approximate surface area is 123 Å². The summed E-state index contributed by atoms with van der Waals surface area (Å²) in [5.74, 6) is -0.124. The van der Waals surface area contributed by atoms with Gasteiger partial charge in [0.05, 0.1) is 6.04 Å². The molecule has 0 saturated carbocycles. The minimum absolute atomic E-state index is 0.112. The maximum absolute atomic E-state index is 12.2. The number of rotatable bonds is 3. The summed E-state index contributed by atoms with van der Waals surface area (Å²) in [7, 11) is 0. The normalized spacial score (nSPS) is 11.9. The fourth-order valence-corrected chi connectivity index (χ4v) is 2.15. The third-order valence-electron chi connectivity index (χ3n) is 3.23. The van der Waals surface area contributed by atoms with Gasteiger partial charge in [0.2, 0.25) is 0 Å². The molecule has 0 heterocycles. The van der Waals surface area contributed by atoms with Crippen LogP contribution in [0, 0.1) is 6.92 Å². The Bertz CT molecular complexity index is 640. The zero-order valence-corrected chi connectivity index (χ0v) is 12.2. The van der Waals surface area contributed by atoms with Crippen LogP contribution in [0.1, 0.15) is 34.5 Å². The van der Waals surface area contributed by atoms with Gasteiger partial charge < -0.3 is 11.1 Å². The number of hydrogen-bond acceptors (Lipinski definition) is 2. The van der Waals surface area contributed by atoms with Gasteiger partial charge in [0.1, 0.15) is 0 Å². The van der Waals surface area contributed by atoms with Gasteiger partial charge in [0.15, 0.2) is 0 Å². The Balaban J connectivity index is 2.13. The molecule has 2 aromatic carbocycles. The first-order valence-corrected chi connectivity index (χ1v) is 6.77. The molecule has 104 valence electrons. The summed E-state index contributed by atoms with van der Waals surface area (Å²) in [4.78, 5) is 12.2. The van der Waals surface area contributed by atoms with Crippen molar-refractivity contribution in [3.05, 3.63) is 64.2 Å². The van der Waals surface area contributed by atoms with Crippen LogP contribution < -0.4 is 11.1 Å². The summed E-state index contributed by atoms with van der Waals surface area (Å²) in [5, 5.41) is 3.61. The van der Waals surface area contributed by atoms with Crippen LogP contribution in [0.5, 0.6) is 0 Å². The minimum atomic E-state index is -0.124. The molecular weight excluding hydrogens is 272 g/mol. The monoisotopic (exact) mass is 288 g/mol. The van der Waals surface area contributed by atoms with Crippen molar-refractivity contribution in [2.75, 3.05) is 5.73 Å². The van der Waals surface area contributed by atoms with Crippen LogP contribution >= 0.6 is 11.6 Å². The van der Waals surface area contributed by atoms with E-state index in [0.29, 0.717) is 16.3 Å². The number of benzene rings is 2. The average molecular weight is 289 g/mol. The molecule has 2 rings (SSSR count). The minimum Gasteiger partial charge on any atom is -0.399 e. The van der Waals surface area contributed by atoms with Crippen LogP contribution in [-0.4, -0.2) is 5.91 Å². The van der Waals surface area contributed by atoms with E-state index in [0.717, 1.165) is 11.1 Å². The average Bonchev–Trinajstić information content (AvgIpc) is 2.41. The number of amides is 1. The molecule has 0 aliphatic carbocycles. The number of halogens is 1. The molecule has 0 fully saturated rings. The lowest BCUT2D eigenvalue weighted by molar-refractivity contribution is 0.0940. The summed E-state index contributed by atoms with van der Waals surface area (Å²) in [6, 6.07) is 12.6. The number of nitrogen functional groups attached to an aromatic ring is 1. The smallest absolute Gasteiger partial charge is 0.251 e. The Morgan fingerprint density at radius 3 is 2.65 bits per heavy atom. The van der Waals surface area contributed by atoms with E-state index in [9.17, 15) is 4.79 Å². The predicted octanol–water partition coefficient (Wildman–Crippen LogP) is 3.72. The van der Waals surface area contributed by atoms with Gasteiger partial charge in [-0.15, -0.1) is 0 Å². The van der Waals surface area contributed by atoms with Gasteiger partial charge in [-0.25, -0.2) is 0 Å². The van der Waals surface area contributed by atoms with E-state index < -0.39 is 0 Å². The van der Waals surface area contributed by atoms with Crippen LogP contribution in [0.2, 0.25) is 5.02 Å². The molecule has 20 heavy (non-hydrogen) atoms. The maximum atomic E-state index is 12.2. The van der Waals surface area contributed by atoms with E-state index in [4.69, 9.17) is 17.3 Å². The number of carbonyl (C=O) groups excluding carboxylic acids is 1. The van der Waals surface area contributed by atoms with Gasteiger partial charge in [0, 0.05) is 16.3 Å². The van der Waals surface area contributed by atoms with Gasteiger partial charge in [-0.1, -0.05) is 23.7 Å². The van der Waals surface area contributed by atoms with Crippen molar-refractivity contribution in [1.82, 2.24) is 5.32 Å². The second-order valence-electron chi connectivity index (χ2n) is 4.82. The molecule has 1 amide bonds. The van der Waals surface area contributed by atoms with E-state index in [1.807, 2.05) is 38.1 Å². The summed E-state index contributed by atoms with van der Waals surface area (Å²) in [6.45, 7) is 3.81. The SMILES string of the molecule is Cc1cc(C(=O)N[C@@H](C)c2cccc(Cl)c2)ccc1N. The van der Waals surface area contributed by atoms with Crippen molar-refractivity contribution in [3.8, 4) is 0 Å². The first-order valence-electron chi connectivity index (χ1n) is 6.40. The van der Waals surface area contributed by atoms with Crippen LogP contribution in [0.25, 0.3) is 0 Å². The second kappa shape index (κ2) is 5.97. The molecule has 1 atom stereocenters. The lowest BCUT2D eigenvalue weighted by Gasteiger charge is -2.15. The molecular formula is C16H17ClN2O. The highest BCUT2D eigenvalue weighted by Gasteiger charge is 2.12. The molecule has 0 bridgehead atoms. The number of nitrogens with two attached hydrogens (primary N) is 1. The molecule has 3 N–H and O–H groups in total. The summed E-state index contributed by atoms with van der Waals surface area (Å²) in [6.07, 6.45) is 0. The van der Waals surface area contributed by atoms with Crippen LogP contribution in [0.3, 0.4) is 0 Å². The molecule has 0 spiro atoms. The lowest BCUT2D eigenvalue weighted by atomic mass is 10.1. The van der Waals surface area contributed by atoms with E-state index >= 15 is 0 Å². The maximum Gasteiger partial charge on any atom is 0.251 e. The topological polar surface area (TPSA) is 55.1 Å². The van der Waals surface area contributed by atoms with Crippen molar-refractivity contribution >= 4 is 23.2 Å². The second-order valence-corrected chi connectivity index (χ2v) is 5.26. The van der Waals surface area contributed by atoms with Crippen LogP contribution in [0.15, 0.2) is 42.5 Å². The van der Waals surface area contributed by atoms with Crippen molar-refractivity contribution in [3.63, 3.8) is 0 Å². The highest BCUT2D eigenvalue weighted by molar-refractivity contribution is 6.30. The fraction of sp³-hybridized carbons (Fsp3) is 0.188. The fourth-order valence-electron chi connectivity index (χ4n) is 1.96. The molecule has 0 aromatic heterocycles. The Morgan fingerprint density at radius 1 is 1.25 bits per heavy atom. The van der Waals surface area contributed by atoms with Gasteiger partial charge in [0.25, 0.3) is 5.91 Å². The third kappa shape index (κ3) is 3.31. The van der Waals surface area contributed by atoms with E-state index in [1.54, 1.807) is 18.2 Å². The Hall–Kier alpha value is -2.00. The third-order valence-corrected chi connectivity index (χ3v) is 3.46. The van der Waals surface area contributed by atoms with Crippen molar-refractivity contribution in [2.24, 2.45) is 0 Å². The molecule has 0 radical (unpaired) electrons. The van der Waals surface area contributed by atoms with Crippen molar-refractivity contribution in [1.29, 1.82) is 0 Å². The van der Waals surface area contributed by atoms with Crippen molar-refractivity contribution < 1.29 is 4.79 Å². The predicted molar refractivity (Wildman–Crippen MR) is 82.9 cm³/mol. The highest BCUT2D eigenvalue weighted by Crippen LogP contribution is 2.18. The number of nitrogens with one attached hydrogen (secondary N) is 1. The largest absolute Gasteiger partial charge is 0.399 e.